The first-order chi connectivity index (χ1) is 9.94. The summed E-state index contributed by atoms with van der Waals surface area (Å²) in [6.07, 6.45) is 2.29. The number of rotatable bonds is 8. The van der Waals surface area contributed by atoms with Crippen molar-refractivity contribution in [2.45, 2.75) is 31.1 Å². The van der Waals surface area contributed by atoms with Crippen LogP contribution in [0.2, 0.25) is 5.02 Å². The Kier molecular flexibility index (Phi) is 7.12. The molecule has 0 heterocycles. The van der Waals surface area contributed by atoms with Gasteiger partial charge in [-0.1, -0.05) is 24.9 Å². The molecular formula is C14H19ClN2O3S. The Bertz CT molecular complexity index is 605. The van der Waals surface area contributed by atoms with Crippen molar-refractivity contribution in [3.05, 3.63) is 28.8 Å². The molecule has 0 fully saturated rings. The van der Waals surface area contributed by atoms with Gasteiger partial charge in [0, 0.05) is 18.2 Å². The zero-order valence-corrected chi connectivity index (χ0v) is 13.4. The number of benzene rings is 1. The van der Waals surface area contributed by atoms with Crippen molar-refractivity contribution in [2.75, 3.05) is 13.2 Å². The topological polar surface area (TPSA) is 90.2 Å². The molecule has 0 aliphatic heterocycles. The predicted octanol–water partition coefficient (Wildman–Crippen LogP) is 2.29. The zero-order valence-electron chi connectivity index (χ0n) is 11.8. The highest BCUT2D eigenvalue weighted by atomic mass is 35.5. The van der Waals surface area contributed by atoms with E-state index in [1.807, 2.05) is 13.0 Å². The van der Waals surface area contributed by atoms with Crippen molar-refractivity contribution in [2.24, 2.45) is 5.92 Å². The van der Waals surface area contributed by atoms with E-state index in [2.05, 4.69) is 4.72 Å². The molecule has 0 aliphatic carbocycles. The van der Waals surface area contributed by atoms with Gasteiger partial charge in [0.15, 0.2) is 0 Å². The van der Waals surface area contributed by atoms with Crippen LogP contribution in [-0.2, 0) is 10.0 Å². The fraction of sp³-hybridized carbons (Fsp3) is 0.500. The third-order valence-electron chi connectivity index (χ3n) is 3.15. The van der Waals surface area contributed by atoms with Crippen molar-refractivity contribution >= 4 is 21.6 Å². The van der Waals surface area contributed by atoms with Crippen molar-refractivity contribution in [3.8, 4) is 6.07 Å². The van der Waals surface area contributed by atoms with Gasteiger partial charge in [0.05, 0.1) is 10.5 Å². The van der Waals surface area contributed by atoms with Gasteiger partial charge in [-0.3, -0.25) is 0 Å². The van der Waals surface area contributed by atoms with Gasteiger partial charge in [-0.2, -0.15) is 5.26 Å². The minimum absolute atomic E-state index is 0.0178. The molecule has 0 spiro atoms. The monoisotopic (exact) mass is 330 g/mol. The normalized spacial score (nSPS) is 12.9. The highest BCUT2D eigenvalue weighted by Gasteiger charge is 2.20. The summed E-state index contributed by atoms with van der Waals surface area (Å²) in [5.74, 6) is 0.0765. The van der Waals surface area contributed by atoms with E-state index < -0.39 is 10.0 Å². The van der Waals surface area contributed by atoms with Gasteiger partial charge >= 0.3 is 0 Å². The highest BCUT2D eigenvalue weighted by molar-refractivity contribution is 7.89. The quantitative estimate of drug-likeness (QED) is 0.765. The van der Waals surface area contributed by atoms with E-state index in [9.17, 15) is 8.42 Å². The molecule has 2 N–H and O–H groups in total. The Morgan fingerprint density at radius 2 is 2.14 bits per heavy atom. The van der Waals surface area contributed by atoms with E-state index in [4.69, 9.17) is 22.0 Å². The molecule has 1 aromatic rings. The van der Waals surface area contributed by atoms with E-state index in [0.29, 0.717) is 11.4 Å². The van der Waals surface area contributed by atoms with Crippen LogP contribution in [0.4, 0.5) is 0 Å². The van der Waals surface area contributed by atoms with E-state index in [1.165, 1.54) is 18.2 Å². The summed E-state index contributed by atoms with van der Waals surface area (Å²) in [5.41, 5.74) is 0.0178. The number of aliphatic hydroxyl groups excluding tert-OH is 1. The molecular weight excluding hydrogens is 312 g/mol. The van der Waals surface area contributed by atoms with Crippen LogP contribution in [0.5, 0.6) is 0 Å². The molecule has 0 amide bonds. The molecule has 0 aliphatic rings. The van der Waals surface area contributed by atoms with Crippen molar-refractivity contribution < 1.29 is 13.5 Å². The number of halogens is 1. The molecule has 5 nitrogen and oxygen atoms in total. The van der Waals surface area contributed by atoms with Crippen LogP contribution in [-0.4, -0.2) is 26.7 Å². The largest absolute Gasteiger partial charge is 0.396 e. The van der Waals surface area contributed by atoms with Gasteiger partial charge in [0.25, 0.3) is 0 Å². The van der Waals surface area contributed by atoms with Crippen molar-refractivity contribution in [1.29, 1.82) is 5.26 Å². The Labute approximate surface area is 130 Å². The van der Waals surface area contributed by atoms with Crippen LogP contribution in [0.1, 0.15) is 31.7 Å². The van der Waals surface area contributed by atoms with Crippen LogP contribution < -0.4 is 4.72 Å². The molecule has 0 radical (unpaired) electrons. The number of aliphatic hydroxyl groups is 1. The minimum Gasteiger partial charge on any atom is -0.396 e. The van der Waals surface area contributed by atoms with E-state index in [0.717, 1.165) is 12.8 Å². The second-order valence-electron chi connectivity index (χ2n) is 4.77. The first kappa shape index (κ1) is 17.9. The van der Waals surface area contributed by atoms with Gasteiger partial charge in [-0.15, -0.1) is 0 Å². The van der Waals surface area contributed by atoms with E-state index in [-0.39, 0.29) is 29.5 Å². The maximum atomic E-state index is 12.3. The lowest BCUT2D eigenvalue weighted by atomic mass is 10.0. The molecule has 116 valence electrons. The second-order valence-corrected chi connectivity index (χ2v) is 6.94. The Hall–Kier alpha value is -1.13. The second kappa shape index (κ2) is 8.35. The van der Waals surface area contributed by atoms with E-state index >= 15 is 0 Å². The summed E-state index contributed by atoms with van der Waals surface area (Å²) in [6, 6.07) is 5.93. The van der Waals surface area contributed by atoms with Gasteiger partial charge in [0.1, 0.15) is 6.07 Å². The molecule has 0 saturated heterocycles. The molecule has 1 aromatic carbocycles. The fourth-order valence-corrected chi connectivity index (χ4v) is 3.49. The van der Waals surface area contributed by atoms with Crippen LogP contribution in [0.25, 0.3) is 0 Å². The number of hydrogen-bond acceptors (Lipinski definition) is 4. The lowest BCUT2D eigenvalue weighted by Gasteiger charge is -2.16. The Morgan fingerprint density at radius 1 is 1.43 bits per heavy atom. The SMILES string of the molecule is CCCC(CCO)CNS(=O)(=O)c1ccc(Cl)cc1C#N. The Morgan fingerprint density at radius 3 is 2.71 bits per heavy atom. The average molecular weight is 331 g/mol. The standard InChI is InChI=1S/C14H19ClN2O3S/c1-2-3-11(6-7-18)10-17-21(19,20)14-5-4-13(15)8-12(14)9-16/h4-5,8,11,17-18H,2-3,6-7,10H2,1H3. The third-order valence-corrected chi connectivity index (χ3v) is 4.86. The highest BCUT2D eigenvalue weighted by Crippen LogP contribution is 2.20. The van der Waals surface area contributed by atoms with Crippen LogP contribution in [0.3, 0.4) is 0 Å². The maximum Gasteiger partial charge on any atom is 0.241 e. The molecule has 1 rings (SSSR count). The van der Waals surface area contributed by atoms with Crippen LogP contribution in [0.15, 0.2) is 23.1 Å². The molecule has 1 atom stereocenters. The molecule has 1 unspecified atom stereocenters. The summed E-state index contributed by atoms with van der Waals surface area (Å²) >= 11 is 5.76. The van der Waals surface area contributed by atoms with E-state index in [1.54, 1.807) is 0 Å². The molecule has 21 heavy (non-hydrogen) atoms. The lowest BCUT2D eigenvalue weighted by molar-refractivity contribution is 0.251. The number of nitrogens with one attached hydrogen (secondary N) is 1. The van der Waals surface area contributed by atoms with Gasteiger partial charge in [-0.25, -0.2) is 13.1 Å². The molecule has 7 heteroatoms. The van der Waals surface area contributed by atoms with Crippen LogP contribution in [0, 0.1) is 17.2 Å². The summed E-state index contributed by atoms with van der Waals surface area (Å²) in [6.45, 7) is 2.27. The first-order valence-electron chi connectivity index (χ1n) is 6.74. The predicted molar refractivity (Wildman–Crippen MR) is 81.5 cm³/mol. The third kappa shape index (κ3) is 5.29. The average Bonchev–Trinajstić information content (AvgIpc) is 2.45. The first-order valence-corrected chi connectivity index (χ1v) is 8.60. The van der Waals surface area contributed by atoms with Gasteiger partial charge in [-0.05, 0) is 37.0 Å². The molecule has 0 aromatic heterocycles. The van der Waals surface area contributed by atoms with Gasteiger partial charge < -0.3 is 5.11 Å². The number of sulfonamides is 1. The van der Waals surface area contributed by atoms with Gasteiger partial charge in [0.2, 0.25) is 10.0 Å². The maximum absolute atomic E-state index is 12.3. The molecule has 0 saturated carbocycles. The molecule has 0 bridgehead atoms. The van der Waals surface area contributed by atoms with Crippen molar-refractivity contribution in [1.82, 2.24) is 4.72 Å². The summed E-state index contributed by atoms with van der Waals surface area (Å²) in [4.78, 5) is -0.0753. The zero-order chi connectivity index (χ0) is 15.9. The summed E-state index contributed by atoms with van der Waals surface area (Å²) < 4.78 is 27.0. The lowest BCUT2D eigenvalue weighted by Crippen LogP contribution is -2.30. The number of hydrogen-bond donors (Lipinski definition) is 2. The minimum atomic E-state index is -3.76. The Balaban J connectivity index is 2.89. The van der Waals surface area contributed by atoms with Crippen LogP contribution >= 0.6 is 11.6 Å². The summed E-state index contributed by atoms with van der Waals surface area (Å²) in [5, 5.41) is 18.3. The fourth-order valence-electron chi connectivity index (χ4n) is 2.07. The summed E-state index contributed by atoms with van der Waals surface area (Å²) in [7, 11) is -3.76. The smallest absolute Gasteiger partial charge is 0.241 e. The number of nitrogens with zero attached hydrogens (tertiary/aromatic N) is 1. The van der Waals surface area contributed by atoms with Crippen molar-refractivity contribution in [3.63, 3.8) is 0 Å². The number of nitriles is 1.